The lowest BCUT2D eigenvalue weighted by Gasteiger charge is -2.38. The molecular weight excluding hydrogens is 318 g/mol. The number of carbonyl (C=O) groups excluding carboxylic acids is 1. The molecule has 2 heterocycles. The average molecular weight is 345 g/mol. The number of piperazine rings is 1. The number of amides is 1. The summed E-state index contributed by atoms with van der Waals surface area (Å²) >= 11 is 0. The molecular formula is C18H27N5O2. The summed E-state index contributed by atoms with van der Waals surface area (Å²) in [5.41, 5.74) is 0.155. The van der Waals surface area contributed by atoms with Crippen LogP contribution in [0.25, 0.3) is 0 Å². The number of nitriles is 1. The van der Waals surface area contributed by atoms with E-state index in [1.807, 2.05) is 27.7 Å². The van der Waals surface area contributed by atoms with Crippen LogP contribution in [-0.2, 0) is 4.79 Å². The number of oxazole rings is 1. The van der Waals surface area contributed by atoms with Crippen LogP contribution < -0.4 is 10.2 Å². The van der Waals surface area contributed by atoms with Crippen molar-refractivity contribution < 1.29 is 9.21 Å². The minimum absolute atomic E-state index is 0.0503. The average Bonchev–Trinajstić information content (AvgIpc) is 3.32. The smallest absolute Gasteiger partial charge is 0.237 e. The molecule has 0 radical (unpaired) electrons. The van der Waals surface area contributed by atoms with Crippen molar-refractivity contribution in [1.82, 2.24) is 15.2 Å². The molecule has 7 nitrogen and oxygen atoms in total. The first-order valence-electron chi connectivity index (χ1n) is 9.00. The molecule has 0 spiro atoms. The molecule has 136 valence electrons. The van der Waals surface area contributed by atoms with E-state index in [1.165, 1.54) is 0 Å². The molecule has 2 fully saturated rings. The van der Waals surface area contributed by atoms with Gasteiger partial charge in [0.2, 0.25) is 23.4 Å². The highest BCUT2D eigenvalue weighted by molar-refractivity contribution is 5.82. The minimum atomic E-state index is -0.228. The number of nitrogens with zero attached hydrogens (tertiary/aromatic N) is 4. The molecule has 1 saturated heterocycles. The second-order valence-corrected chi connectivity index (χ2v) is 8.03. The van der Waals surface area contributed by atoms with Gasteiger partial charge >= 0.3 is 0 Å². The highest BCUT2D eigenvalue weighted by Gasteiger charge is 2.33. The van der Waals surface area contributed by atoms with Gasteiger partial charge in [0.1, 0.15) is 6.07 Å². The maximum atomic E-state index is 12.4. The first-order chi connectivity index (χ1) is 11.8. The van der Waals surface area contributed by atoms with Crippen LogP contribution in [0.5, 0.6) is 0 Å². The number of nitrogens with one attached hydrogen (secondary N) is 1. The third-order valence-electron chi connectivity index (χ3n) is 4.69. The number of hydrogen-bond donors (Lipinski definition) is 1. The number of carbonyl (C=O) groups is 1. The van der Waals surface area contributed by atoms with E-state index in [0.717, 1.165) is 39.0 Å². The summed E-state index contributed by atoms with van der Waals surface area (Å²) in [5, 5.41) is 12.4. The molecule has 0 aromatic carbocycles. The van der Waals surface area contributed by atoms with Crippen molar-refractivity contribution in [3.63, 3.8) is 0 Å². The van der Waals surface area contributed by atoms with Crippen LogP contribution in [0.3, 0.4) is 0 Å². The lowest BCUT2D eigenvalue weighted by atomic mass is 10.1. The molecule has 1 saturated carbocycles. The van der Waals surface area contributed by atoms with Gasteiger partial charge in [-0.25, -0.2) is 4.98 Å². The predicted octanol–water partition coefficient (Wildman–Crippen LogP) is 1.85. The van der Waals surface area contributed by atoms with Crippen LogP contribution in [0.4, 0.5) is 5.88 Å². The number of aromatic nitrogens is 1. The van der Waals surface area contributed by atoms with Gasteiger partial charge in [0.25, 0.3) is 0 Å². The van der Waals surface area contributed by atoms with Gasteiger partial charge in [-0.2, -0.15) is 5.26 Å². The first-order valence-corrected chi connectivity index (χ1v) is 9.00. The van der Waals surface area contributed by atoms with Crippen LogP contribution in [0, 0.1) is 11.3 Å². The fourth-order valence-electron chi connectivity index (χ4n) is 3.07. The van der Waals surface area contributed by atoms with Crippen molar-refractivity contribution in [3.8, 4) is 6.07 Å². The van der Waals surface area contributed by atoms with E-state index in [-0.39, 0.29) is 17.5 Å². The van der Waals surface area contributed by atoms with Crippen molar-refractivity contribution >= 4 is 11.8 Å². The standard InChI is InChI=1S/C18H27N5O2/c1-12(15(24)21-18(2,3)4)22-7-9-23(10-8-22)17-14(11-19)20-16(25-17)13-5-6-13/h12-13H,5-10H2,1-4H3,(H,21,24)/t12-/m0/s1. The molecule has 25 heavy (non-hydrogen) atoms. The van der Waals surface area contributed by atoms with Crippen molar-refractivity contribution in [2.45, 2.75) is 58.0 Å². The van der Waals surface area contributed by atoms with Gasteiger partial charge in [-0.15, -0.1) is 0 Å². The Balaban J connectivity index is 1.60. The molecule has 1 aliphatic heterocycles. The van der Waals surface area contributed by atoms with Crippen molar-refractivity contribution in [3.05, 3.63) is 11.6 Å². The second kappa shape index (κ2) is 6.68. The molecule has 1 aliphatic carbocycles. The van der Waals surface area contributed by atoms with Gasteiger partial charge in [-0.1, -0.05) is 0 Å². The maximum Gasteiger partial charge on any atom is 0.237 e. The summed E-state index contributed by atoms with van der Waals surface area (Å²) in [6, 6.07) is 1.98. The quantitative estimate of drug-likeness (QED) is 0.896. The Morgan fingerprint density at radius 1 is 1.32 bits per heavy atom. The Morgan fingerprint density at radius 3 is 2.48 bits per heavy atom. The Hall–Kier alpha value is -2.07. The molecule has 0 bridgehead atoms. The van der Waals surface area contributed by atoms with E-state index in [9.17, 15) is 10.1 Å². The SMILES string of the molecule is C[C@@H](C(=O)NC(C)(C)C)N1CCN(c2oc(C3CC3)nc2C#N)CC1. The van der Waals surface area contributed by atoms with Crippen LogP contribution in [0.2, 0.25) is 0 Å². The van der Waals surface area contributed by atoms with Gasteiger partial charge in [0, 0.05) is 37.6 Å². The van der Waals surface area contributed by atoms with Crippen LogP contribution in [-0.4, -0.2) is 53.6 Å². The minimum Gasteiger partial charge on any atom is -0.423 e. The Labute approximate surface area is 149 Å². The topological polar surface area (TPSA) is 85.4 Å². The zero-order chi connectivity index (χ0) is 18.2. The highest BCUT2D eigenvalue weighted by atomic mass is 16.4. The Kier molecular flexibility index (Phi) is 4.74. The monoisotopic (exact) mass is 345 g/mol. The van der Waals surface area contributed by atoms with Gasteiger partial charge in [0.05, 0.1) is 6.04 Å². The number of hydrogen-bond acceptors (Lipinski definition) is 6. The van der Waals surface area contributed by atoms with Crippen LogP contribution in [0.1, 0.15) is 58.0 Å². The van der Waals surface area contributed by atoms with Crippen LogP contribution >= 0.6 is 0 Å². The fourth-order valence-corrected chi connectivity index (χ4v) is 3.07. The molecule has 1 aromatic heterocycles. The molecule has 1 aromatic rings. The molecule has 2 aliphatic rings. The van der Waals surface area contributed by atoms with E-state index in [1.54, 1.807) is 0 Å². The van der Waals surface area contributed by atoms with Crippen LogP contribution in [0.15, 0.2) is 4.42 Å². The molecule has 0 unspecified atom stereocenters. The largest absolute Gasteiger partial charge is 0.423 e. The summed E-state index contributed by atoms with van der Waals surface area (Å²) < 4.78 is 5.87. The van der Waals surface area contributed by atoms with E-state index in [0.29, 0.717) is 23.4 Å². The predicted molar refractivity (Wildman–Crippen MR) is 94.3 cm³/mol. The van der Waals surface area contributed by atoms with Gasteiger partial charge < -0.3 is 14.6 Å². The maximum absolute atomic E-state index is 12.4. The van der Waals surface area contributed by atoms with Crippen molar-refractivity contribution in [1.29, 1.82) is 5.26 Å². The van der Waals surface area contributed by atoms with Gasteiger partial charge in [-0.05, 0) is 40.5 Å². The van der Waals surface area contributed by atoms with E-state index >= 15 is 0 Å². The van der Waals surface area contributed by atoms with E-state index < -0.39 is 0 Å². The third-order valence-corrected chi connectivity index (χ3v) is 4.69. The summed E-state index contributed by atoms with van der Waals surface area (Å²) in [7, 11) is 0. The summed E-state index contributed by atoms with van der Waals surface area (Å²) in [5.74, 6) is 1.74. The summed E-state index contributed by atoms with van der Waals surface area (Å²) in [4.78, 5) is 20.9. The highest BCUT2D eigenvalue weighted by Crippen LogP contribution is 2.41. The number of rotatable bonds is 4. The first kappa shape index (κ1) is 17.7. The Morgan fingerprint density at radius 2 is 1.96 bits per heavy atom. The number of anilines is 1. The molecule has 1 N–H and O–H groups in total. The fraction of sp³-hybridized carbons (Fsp3) is 0.722. The zero-order valence-electron chi connectivity index (χ0n) is 15.5. The van der Waals surface area contributed by atoms with Crippen molar-refractivity contribution in [2.75, 3.05) is 31.1 Å². The molecule has 1 atom stereocenters. The molecule has 7 heteroatoms. The lowest BCUT2D eigenvalue weighted by Crippen LogP contribution is -2.56. The summed E-state index contributed by atoms with van der Waals surface area (Å²) in [6.07, 6.45) is 2.19. The van der Waals surface area contributed by atoms with Gasteiger partial charge in [0.15, 0.2) is 0 Å². The van der Waals surface area contributed by atoms with E-state index in [2.05, 4.69) is 26.2 Å². The molecule has 1 amide bonds. The molecule has 3 rings (SSSR count). The van der Waals surface area contributed by atoms with Crippen molar-refractivity contribution in [2.24, 2.45) is 0 Å². The summed E-state index contributed by atoms with van der Waals surface area (Å²) in [6.45, 7) is 10.9. The zero-order valence-corrected chi connectivity index (χ0v) is 15.5. The Bertz CT molecular complexity index is 673. The van der Waals surface area contributed by atoms with E-state index in [4.69, 9.17) is 4.42 Å². The van der Waals surface area contributed by atoms with Gasteiger partial charge in [-0.3, -0.25) is 9.69 Å². The third kappa shape index (κ3) is 4.13. The lowest BCUT2D eigenvalue weighted by molar-refractivity contribution is -0.127. The normalized spacial score (nSPS) is 20.2. The second-order valence-electron chi connectivity index (χ2n) is 8.03.